The van der Waals surface area contributed by atoms with Crippen molar-refractivity contribution in [3.05, 3.63) is 34.7 Å². The first-order chi connectivity index (χ1) is 7.58. The molecule has 0 radical (unpaired) electrons. The largest absolute Gasteiger partial charge is 0.343 e. The van der Waals surface area contributed by atoms with Crippen LogP contribution in [-0.2, 0) is 0 Å². The van der Waals surface area contributed by atoms with Gasteiger partial charge in [-0.3, -0.25) is 4.79 Å². The summed E-state index contributed by atoms with van der Waals surface area (Å²) in [4.78, 5) is 21.6. The van der Waals surface area contributed by atoms with Crippen LogP contribution in [0.5, 0.6) is 0 Å². The van der Waals surface area contributed by atoms with Crippen LogP contribution in [0.4, 0.5) is 0 Å². The van der Waals surface area contributed by atoms with E-state index in [0.29, 0.717) is 10.3 Å². The van der Waals surface area contributed by atoms with E-state index >= 15 is 0 Å². The lowest BCUT2D eigenvalue weighted by Gasteiger charge is -2.09. The van der Waals surface area contributed by atoms with Crippen LogP contribution in [0.2, 0.25) is 0 Å². The molecule has 2 heterocycles. The molecule has 0 fully saturated rings. The zero-order valence-electron chi connectivity index (χ0n) is 8.94. The molecule has 1 amide bonds. The van der Waals surface area contributed by atoms with E-state index in [1.54, 1.807) is 32.4 Å². The summed E-state index contributed by atoms with van der Waals surface area (Å²) in [5.74, 6) is -0.102. The summed E-state index contributed by atoms with van der Waals surface area (Å²) in [5, 5.41) is 0.915. The van der Waals surface area contributed by atoms with E-state index in [1.807, 2.05) is 6.07 Å². The third-order valence-electron chi connectivity index (χ3n) is 2.17. The SMILES string of the molecule is CN(C)C(=O)c1ccc2cnc(Br)cc2n1. The zero-order chi connectivity index (χ0) is 11.7. The number of hydrogen-bond acceptors (Lipinski definition) is 3. The Kier molecular flexibility index (Phi) is 2.87. The second-order valence-corrected chi connectivity index (χ2v) is 4.41. The fourth-order valence-corrected chi connectivity index (χ4v) is 1.66. The van der Waals surface area contributed by atoms with E-state index < -0.39 is 0 Å². The van der Waals surface area contributed by atoms with Gasteiger partial charge in [0.15, 0.2) is 0 Å². The summed E-state index contributed by atoms with van der Waals surface area (Å²) in [6, 6.07) is 5.35. The Bertz CT molecular complexity index is 554. The van der Waals surface area contributed by atoms with Gasteiger partial charge in [0.25, 0.3) is 5.91 Å². The average Bonchev–Trinajstić information content (AvgIpc) is 2.26. The lowest BCUT2D eigenvalue weighted by atomic mass is 10.2. The minimum atomic E-state index is -0.102. The Morgan fingerprint density at radius 1 is 1.38 bits per heavy atom. The highest BCUT2D eigenvalue weighted by molar-refractivity contribution is 9.10. The van der Waals surface area contributed by atoms with Crippen molar-refractivity contribution < 1.29 is 4.79 Å². The van der Waals surface area contributed by atoms with Gasteiger partial charge in [0.05, 0.1) is 5.52 Å². The van der Waals surface area contributed by atoms with Crippen LogP contribution in [0.1, 0.15) is 10.5 Å². The molecule has 2 aromatic rings. The predicted molar refractivity (Wildman–Crippen MR) is 65.3 cm³/mol. The van der Waals surface area contributed by atoms with Gasteiger partial charge in [0.2, 0.25) is 0 Å². The standard InChI is InChI=1S/C11H10BrN3O/c1-15(2)11(16)8-4-3-7-6-13-10(12)5-9(7)14-8/h3-6H,1-2H3. The minimum Gasteiger partial charge on any atom is -0.343 e. The number of hydrogen-bond donors (Lipinski definition) is 0. The second-order valence-electron chi connectivity index (χ2n) is 3.60. The number of carbonyl (C=O) groups excluding carboxylic acids is 1. The molecule has 0 aliphatic heterocycles. The van der Waals surface area contributed by atoms with Gasteiger partial charge in [-0.05, 0) is 34.1 Å². The molecule has 0 saturated heterocycles. The molecule has 0 aliphatic rings. The van der Waals surface area contributed by atoms with Crippen LogP contribution in [0.25, 0.3) is 10.9 Å². The lowest BCUT2D eigenvalue weighted by molar-refractivity contribution is 0.0822. The first-order valence-corrected chi connectivity index (χ1v) is 5.51. The van der Waals surface area contributed by atoms with Gasteiger partial charge in [0, 0.05) is 25.7 Å². The normalized spacial score (nSPS) is 10.4. The molecule has 0 N–H and O–H groups in total. The molecule has 5 heteroatoms. The predicted octanol–water partition coefficient (Wildman–Crippen LogP) is 2.09. The third-order valence-corrected chi connectivity index (χ3v) is 2.60. The van der Waals surface area contributed by atoms with Crippen LogP contribution in [-0.4, -0.2) is 34.9 Å². The summed E-state index contributed by atoms with van der Waals surface area (Å²) in [6.07, 6.45) is 1.72. The molecule has 0 unspecified atom stereocenters. The number of amides is 1. The maximum atomic E-state index is 11.7. The van der Waals surface area contributed by atoms with Gasteiger partial charge >= 0.3 is 0 Å². The van der Waals surface area contributed by atoms with Crippen LogP contribution in [0.15, 0.2) is 29.0 Å². The highest BCUT2D eigenvalue weighted by atomic mass is 79.9. The van der Waals surface area contributed by atoms with E-state index in [2.05, 4.69) is 25.9 Å². The Labute approximate surface area is 101 Å². The number of halogens is 1. The zero-order valence-corrected chi connectivity index (χ0v) is 10.5. The van der Waals surface area contributed by atoms with Gasteiger partial charge < -0.3 is 4.90 Å². The molecule has 0 spiro atoms. The van der Waals surface area contributed by atoms with Crippen molar-refractivity contribution in [2.24, 2.45) is 0 Å². The number of aromatic nitrogens is 2. The van der Waals surface area contributed by atoms with E-state index in [-0.39, 0.29) is 5.91 Å². The summed E-state index contributed by atoms with van der Waals surface area (Å²) in [7, 11) is 3.41. The molecule has 0 atom stereocenters. The summed E-state index contributed by atoms with van der Waals surface area (Å²) in [6.45, 7) is 0. The highest BCUT2D eigenvalue weighted by Crippen LogP contribution is 2.16. The Balaban J connectivity index is 2.55. The molecule has 0 saturated carbocycles. The molecule has 0 aromatic carbocycles. The molecule has 16 heavy (non-hydrogen) atoms. The van der Waals surface area contributed by atoms with E-state index in [0.717, 1.165) is 10.9 Å². The first-order valence-electron chi connectivity index (χ1n) is 4.72. The monoisotopic (exact) mass is 279 g/mol. The van der Waals surface area contributed by atoms with Crippen LogP contribution >= 0.6 is 15.9 Å². The molecule has 2 rings (SSSR count). The summed E-state index contributed by atoms with van der Waals surface area (Å²) >= 11 is 3.28. The minimum absolute atomic E-state index is 0.102. The van der Waals surface area contributed by atoms with Crippen molar-refractivity contribution in [1.82, 2.24) is 14.9 Å². The Hall–Kier alpha value is -1.49. The van der Waals surface area contributed by atoms with Crippen molar-refractivity contribution in [2.45, 2.75) is 0 Å². The fraction of sp³-hybridized carbons (Fsp3) is 0.182. The maximum absolute atomic E-state index is 11.7. The summed E-state index contributed by atoms with van der Waals surface area (Å²) in [5.41, 5.74) is 1.20. The Morgan fingerprint density at radius 3 is 2.81 bits per heavy atom. The number of rotatable bonds is 1. The Morgan fingerprint density at radius 2 is 2.12 bits per heavy atom. The van der Waals surface area contributed by atoms with Crippen molar-refractivity contribution in [1.29, 1.82) is 0 Å². The fourth-order valence-electron chi connectivity index (χ4n) is 1.34. The molecule has 2 aromatic heterocycles. The van der Waals surface area contributed by atoms with Crippen molar-refractivity contribution in [2.75, 3.05) is 14.1 Å². The van der Waals surface area contributed by atoms with E-state index in [9.17, 15) is 4.79 Å². The average molecular weight is 280 g/mol. The number of nitrogens with zero attached hydrogens (tertiary/aromatic N) is 3. The quantitative estimate of drug-likeness (QED) is 0.751. The lowest BCUT2D eigenvalue weighted by Crippen LogP contribution is -2.22. The van der Waals surface area contributed by atoms with Gasteiger partial charge in [-0.2, -0.15) is 0 Å². The van der Waals surface area contributed by atoms with Crippen molar-refractivity contribution in [3.8, 4) is 0 Å². The third kappa shape index (κ3) is 2.04. The molecular weight excluding hydrogens is 270 g/mol. The molecule has 0 bridgehead atoms. The van der Waals surface area contributed by atoms with E-state index in [1.165, 1.54) is 4.90 Å². The topological polar surface area (TPSA) is 46.1 Å². The molecule has 0 aliphatic carbocycles. The van der Waals surface area contributed by atoms with Gasteiger partial charge in [-0.15, -0.1) is 0 Å². The smallest absolute Gasteiger partial charge is 0.271 e. The van der Waals surface area contributed by atoms with Crippen LogP contribution in [0.3, 0.4) is 0 Å². The molecule has 82 valence electrons. The van der Waals surface area contributed by atoms with E-state index in [4.69, 9.17) is 0 Å². The number of pyridine rings is 2. The molecule has 4 nitrogen and oxygen atoms in total. The van der Waals surface area contributed by atoms with Gasteiger partial charge in [-0.1, -0.05) is 0 Å². The number of carbonyl (C=O) groups is 1. The number of fused-ring (bicyclic) bond motifs is 1. The summed E-state index contributed by atoms with van der Waals surface area (Å²) < 4.78 is 0.710. The first kappa shape index (κ1) is 11.0. The van der Waals surface area contributed by atoms with Crippen LogP contribution < -0.4 is 0 Å². The highest BCUT2D eigenvalue weighted by Gasteiger charge is 2.10. The maximum Gasteiger partial charge on any atom is 0.271 e. The van der Waals surface area contributed by atoms with Crippen molar-refractivity contribution >= 4 is 32.7 Å². The van der Waals surface area contributed by atoms with Crippen LogP contribution in [0, 0.1) is 0 Å². The van der Waals surface area contributed by atoms with Gasteiger partial charge in [0.1, 0.15) is 10.3 Å². The molecular formula is C11H10BrN3O. The van der Waals surface area contributed by atoms with Gasteiger partial charge in [-0.25, -0.2) is 9.97 Å². The second kappa shape index (κ2) is 4.17. The van der Waals surface area contributed by atoms with Crippen molar-refractivity contribution in [3.63, 3.8) is 0 Å².